The fourth-order valence-corrected chi connectivity index (χ4v) is 3.79. The second kappa shape index (κ2) is 7.94. The van der Waals surface area contributed by atoms with Crippen molar-refractivity contribution in [3.05, 3.63) is 52.8 Å². The summed E-state index contributed by atoms with van der Waals surface area (Å²) in [5.74, 6) is 0.00242. The third-order valence-corrected chi connectivity index (χ3v) is 5.27. The fraction of sp³-hybridized carbons (Fsp3) is 0.476. The van der Waals surface area contributed by atoms with E-state index in [0.717, 1.165) is 24.2 Å². The molecule has 0 aliphatic carbocycles. The third kappa shape index (κ3) is 4.04. The first kappa shape index (κ1) is 19.1. The lowest BCUT2D eigenvalue weighted by Crippen LogP contribution is -2.39. The van der Waals surface area contributed by atoms with Gasteiger partial charge in [0.15, 0.2) is 0 Å². The molecule has 0 bridgehead atoms. The van der Waals surface area contributed by atoms with Gasteiger partial charge in [-0.05, 0) is 25.8 Å². The van der Waals surface area contributed by atoms with Crippen LogP contribution in [0.4, 0.5) is 0 Å². The number of hydrogen-bond donors (Lipinski definition) is 1. The molecule has 144 valence electrons. The van der Waals surface area contributed by atoms with Crippen LogP contribution < -0.4 is 5.32 Å². The van der Waals surface area contributed by atoms with Gasteiger partial charge in [0.05, 0.1) is 17.8 Å². The molecular formula is C21H28N4O2. The van der Waals surface area contributed by atoms with Crippen molar-refractivity contribution in [1.29, 1.82) is 0 Å². The minimum absolute atomic E-state index is 0.0141. The summed E-state index contributed by atoms with van der Waals surface area (Å²) in [6.07, 6.45) is 2.64. The molecule has 1 aliphatic heterocycles. The van der Waals surface area contributed by atoms with E-state index in [4.69, 9.17) is 0 Å². The largest absolute Gasteiger partial charge is 0.351 e. The van der Waals surface area contributed by atoms with E-state index in [-0.39, 0.29) is 23.8 Å². The van der Waals surface area contributed by atoms with E-state index in [9.17, 15) is 9.59 Å². The summed E-state index contributed by atoms with van der Waals surface area (Å²) in [5.41, 5.74) is 3.89. The first-order valence-corrected chi connectivity index (χ1v) is 9.56. The van der Waals surface area contributed by atoms with Crippen molar-refractivity contribution in [3.63, 3.8) is 0 Å². The summed E-state index contributed by atoms with van der Waals surface area (Å²) in [5, 5.41) is 7.38. The minimum Gasteiger partial charge on any atom is -0.351 e. The Kier molecular flexibility index (Phi) is 5.63. The molecule has 2 amide bonds. The van der Waals surface area contributed by atoms with Crippen molar-refractivity contribution >= 4 is 11.8 Å². The van der Waals surface area contributed by atoms with Gasteiger partial charge in [-0.15, -0.1) is 0 Å². The number of benzene rings is 1. The van der Waals surface area contributed by atoms with Crippen LogP contribution >= 0.6 is 0 Å². The number of aryl methyl sites for hydroxylation is 2. The van der Waals surface area contributed by atoms with Crippen LogP contribution in [0.15, 0.2) is 30.5 Å². The Hall–Kier alpha value is -2.63. The highest BCUT2D eigenvalue weighted by molar-refractivity contribution is 5.95. The van der Waals surface area contributed by atoms with Crippen molar-refractivity contribution in [1.82, 2.24) is 20.0 Å². The first-order valence-electron chi connectivity index (χ1n) is 9.56. The molecule has 2 unspecified atom stereocenters. The lowest BCUT2D eigenvalue weighted by Gasteiger charge is -2.19. The Morgan fingerprint density at radius 2 is 1.89 bits per heavy atom. The number of rotatable bonds is 5. The van der Waals surface area contributed by atoms with Crippen LogP contribution in [0.2, 0.25) is 0 Å². The second-order valence-electron chi connectivity index (χ2n) is 7.40. The van der Waals surface area contributed by atoms with Crippen LogP contribution in [0.25, 0.3) is 0 Å². The van der Waals surface area contributed by atoms with E-state index in [1.165, 1.54) is 12.5 Å². The van der Waals surface area contributed by atoms with E-state index in [1.807, 2.05) is 16.5 Å². The molecule has 2 heterocycles. The van der Waals surface area contributed by atoms with Gasteiger partial charge in [0.2, 0.25) is 5.91 Å². The molecule has 0 spiro atoms. The number of amides is 2. The summed E-state index contributed by atoms with van der Waals surface area (Å²) in [7, 11) is 0. The van der Waals surface area contributed by atoms with Crippen LogP contribution in [0.5, 0.6) is 0 Å². The van der Waals surface area contributed by atoms with Gasteiger partial charge in [0.25, 0.3) is 5.91 Å². The second-order valence-corrected chi connectivity index (χ2v) is 7.40. The Bertz CT molecular complexity index is 825. The molecule has 1 aromatic carbocycles. The average molecular weight is 368 g/mol. The molecule has 0 radical (unpaired) electrons. The lowest BCUT2D eigenvalue weighted by atomic mass is 9.93. The van der Waals surface area contributed by atoms with Gasteiger partial charge >= 0.3 is 0 Å². The maximum absolute atomic E-state index is 13.1. The van der Waals surface area contributed by atoms with Crippen LogP contribution in [-0.4, -0.2) is 45.6 Å². The maximum atomic E-state index is 13.1. The molecule has 0 saturated carbocycles. The Labute approximate surface area is 160 Å². The number of aromatic nitrogens is 2. The molecule has 1 fully saturated rings. The SMILES string of the molecule is CCCn1ncc(C(=O)N2CC(NC(C)=O)C(c3ccc(C)cc3)C2)c1C. The third-order valence-electron chi connectivity index (χ3n) is 5.27. The highest BCUT2D eigenvalue weighted by Crippen LogP contribution is 2.29. The van der Waals surface area contributed by atoms with E-state index >= 15 is 0 Å². The molecule has 3 rings (SSSR count). The van der Waals surface area contributed by atoms with Gasteiger partial charge in [0, 0.05) is 38.2 Å². The summed E-state index contributed by atoms with van der Waals surface area (Å²) >= 11 is 0. The molecule has 1 saturated heterocycles. The minimum atomic E-state index is -0.0832. The highest BCUT2D eigenvalue weighted by atomic mass is 16.2. The normalized spacial score (nSPS) is 19.3. The molecule has 6 nitrogen and oxygen atoms in total. The highest BCUT2D eigenvalue weighted by Gasteiger charge is 2.37. The number of carbonyl (C=O) groups is 2. The van der Waals surface area contributed by atoms with Crippen molar-refractivity contribution in [2.75, 3.05) is 13.1 Å². The quantitative estimate of drug-likeness (QED) is 0.882. The molecule has 6 heteroatoms. The van der Waals surface area contributed by atoms with Crippen molar-refractivity contribution in [2.45, 2.75) is 52.6 Å². The Morgan fingerprint density at radius 3 is 2.52 bits per heavy atom. The summed E-state index contributed by atoms with van der Waals surface area (Å²) in [4.78, 5) is 26.6. The monoisotopic (exact) mass is 368 g/mol. The maximum Gasteiger partial charge on any atom is 0.257 e. The Morgan fingerprint density at radius 1 is 1.19 bits per heavy atom. The Balaban J connectivity index is 1.83. The molecule has 2 atom stereocenters. The standard InChI is InChI=1S/C21H28N4O2/c1-5-10-25-15(3)18(11-22-25)21(27)24-12-19(20(13-24)23-16(4)26)17-8-6-14(2)7-9-17/h6-9,11,19-20H,5,10,12-13H2,1-4H3,(H,23,26). The number of carbonyl (C=O) groups excluding carboxylic acids is 2. The van der Waals surface area contributed by atoms with Gasteiger partial charge in [0.1, 0.15) is 0 Å². The van der Waals surface area contributed by atoms with Crippen LogP contribution in [0.1, 0.15) is 53.4 Å². The molecule has 1 N–H and O–H groups in total. The number of hydrogen-bond acceptors (Lipinski definition) is 3. The average Bonchev–Trinajstić information content (AvgIpc) is 3.19. The molecular weight excluding hydrogens is 340 g/mol. The molecule has 1 aliphatic rings. The summed E-state index contributed by atoms with van der Waals surface area (Å²) in [6.45, 7) is 9.51. The zero-order valence-corrected chi connectivity index (χ0v) is 16.5. The van der Waals surface area contributed by atoms with Gasteiger partial charge in [-0.1, -0.05) is 36.8 Å². The molecule has 2 aromatic rings. The van der Waals surface area contributed by atoms with Gasteiger partial charge in [-0.3, -0.25) is 14.3 Å². The van der Waals surface area contributed by atoms with E-state index in [1.54, 1.807) is 6.20 Å². The van der Waals surface area contributed by atoms with E-state index in [2.05, 4.69) is 48.5 Å². The molecule has 1 aromatic heterocycles. The van der Waals surface area contributed by atoms with Crippen LogP contribution in [0, 0.1) is 13.8 Å². The van der Waals surface area contributed by atoms with Crippen LogP contribution in [0.3, 0.4) is 0 Å². The first-order chi connectivity index (χ1) is 12.9. The summed E-state index contributed by atoms with van der Waals surface area (Å²) < 4.78 is 1.88. The topological polar surface area (TPSA) is 67.2 Å². The molecule has 27 heavy (non-hydrogen) atoms. The van der Waals surface area contributed by atoms with Gasteiger partial charge in [-0.25, -0.2) is 0 Å². The predicted molar refractivity (Wildman–Crippen MR) is 105 cm³/mol. The fourth-order valence-electron chi connectivity index (χ4n) is 3.79. The van der Waals surface area contributed by atoms with Gasteiger partial charge < -0.3 is 10.2 Å². The predicted octanol–water partition coefficient (Wildman–Crippen LogP) is 2.65. The zero-order valence-electron chi connectivity index (χ0n) is 16.5. The van der Waals surface area contributed by atoms with Crippen LogP contribution in [-0.2, 0) is 11.3 Å². The lowest BCUT2D eigenvalue weighted by molar-refractivity contribution is -0.119. The van der Waals surface area contributed by atoms with Crippen molar-refractivity contribution < 1.29 is 9.59 Å². The summed E-state index contributed by atoms with van der Waals surface area (Å²) in [6, 6.07) is 8.24. The van der Waals surface area contributed by atoms with E-state index < -0.39 is 0 Å². The van der Waals surface area contributed by atoms with E-state index in [0.29, 0.717) is 18.7 Å². The number of nitrogens with zero attached hydrogens (tertiary/aromatic N) is 3. The van der Waals surface area contributed by atoms with Gasteiger partial charge in [-0.2, -0.15) is 5.10 Å². The number of nitrogens with one attached hydrogen (secondary N) is 1. The zero-order chi connectivity index (χ0) is 19.6. The van der Waals surface area contributed by atoms with Crippen molar-refractivity contribution in [3.8, 4) is 0 Å². The smallest absolute Gasteiger partial charge is 0.257 e. The van der Waals surface area contributed by atoms with Crippen molar-refractivity contribution in [2.24, 2.45) is 0 Å². The number of likely N-dealkylation sites (tertiary alicyclic amines) is 1.